The predicted molar refractivity (Wildman–Crippen MR) is 83.6 cm³/mol. The Morgan fingerprint density at radius 2 is 2.32 bits per heavy atom. The van der Waals surface area contributed by atoms with Gasteiger partial charge < -0.3 is 10.4 Å². The van der Waals surface area contributed by atoms with Gasteiger partial charge in [-0.05, 0) is 38.3 Å². The lowest BCUT2D eigenvalue weighted by Crippen LogP contribution is -2.46. The van der Waals surface area contributed by atoms with Gasteiger partial charge >= 0.3 is 0 Å². The summed E-state index contributed by atoms with van der Waals surface area (Å²) in [6.07, 6.45) is 3.40. The van der Waals surface area contributed by atoms with Gasteiger partial charge in [0, 0.05) is 16.5 Å². The zero-order valence-corrected chi connectivity index (χ0v) is 12.8. The molecule has 0 amide bonds. The molecule has 106 valence electrons. The Labute approximate surface area is 121 Å². The summed E-state index contributed by atoms with van der Waals surface area (Å²) in [5, 5.41) is 13.8. The first-order valence-electron chi connectivity index (χ1n) is 7.20. The molecule has 0 heterocycles. The van der Waals surface area contributed by atoms with Crippen molar-refractivity contribution in [1.29, 1.82) is 0 Å². The molecule has 1 aromatic rings. The number of hydrogen-bond acceptors (Lipinski definition) is 3. The number of rotatable bonds is 6. The zero-order valence-electron chi connectivity index (χ0n) is 12.0. The largest absolute Gasteiger partial charge is 0.394 e. The van der Waals surface area contributed by atoms with E-state index >= 15 is 0 Å². The number of benzene rings is 1. The summed E-state index contributed by atoms with van der Waals surface area (Å²) in [5.74, 6) is 1.08. The van der Waals surface area contributed by atoms with Gasteiger partial charge in [0.25, 0.3) is 0 Å². The molecule has 1 aliphatic carbocycles. The fourth-order valence-corrected chi connectivity index (χ4v) is 4.30. The first kappa shape index (κ1) is 14.9. The molecule has 0 aromatic heterocycles. The van der Waals surface area contributed by atoms with Crippen LogP contribution in [-0.4, -0.2) is 29.0 Å². The van der Waals surface area contributed by atoms with Gasteiger partial charge in [-0.15, -0.1) is 0 Å². The Morgan fingerprint density at radius 1 is 1.47 bits per heavy atom. The van der Waals surface area contributed by atoms with Gasteiger partial charge in [0.05, 0.1) is 6.61 Å². The third-order valence-corrected chi connectivity index (χ3v) is 5.36. The van der Waals surface area contributed by atoms with Crippen LogP contribution in [0.5, 0.6) is 0 Å². The Balaban J connectivity index is 1.85. The van der Waals surface area contributed by atoms with E-state index in [0.29, 0.717) is 5.25 Å². The molecule has 1 aromatic carbocycles. The van der Waals surface area contributed by atoms with Gasteiger partial charge in [0.2, 0.25) is 0 Å². The highest BCUT2D eigenvalue weighted by atomic mass is 32.2. The third-order valence-electron chi connectivity index (χ3n) is 3.99. The van der Waals surface area contributed by atoms with Crippen molar-refractivity contribution in [3.8, 4) is 0 Å². The highest BCUT2D eigenvalue weighted by molar-refractivity contribution is 7.99. The summed E-state index contributed by atoms with van der Waals surface area (Å²) in [5.41, 5.74) is 2.73. The van der Waals surface area contributed by atoms with Crippen LogP contribution in [0, 0.1) is 6.92 Å². The molecule has 0 aliphatic heterocycles. The van der Waals surface area contributed by atoms with Crippen molar-refractivity contribution < 1.29 is 5.11 Å². The molecule has 2 rings (SSSR count). The number of aryl methyl sites for hydroxylation is 1. The summed E-state index contributed by atoms with van der Waals surface area (Å²) >= 11 is 2.04. The van der Waals surface area contributed by atoms with Gasteiger partial charge in [-0.3, -0.25) is 0 Å². The normalized spacial score (nSPS) is 26.8. The lowest BCUT2D eigenvalue weighted by molar-refractivity contribution is 0.167. The van der Waals surface area contributed by atoms with Crippen LogP contribution in [-0.2, 0) is 5.75 Å². The maximum atomic E-state index is 9.62. The second kappa shape index (κ2) is 6.78. The molecule has 0 radical (unpaired) electrons. The maximum Gasteiger partial charge on any atom is 0.0613 e. The van der Waals surface area contributed by atoms with Gasteiger partial charge in [0.15, 0.2) is 0 Å². The first-order valence-corrected chi connectivity index (χ1v) is 8.25. The molecule has 0 saturated heterocycles. The summed E-state index contributed by atoms with van der Waals surface area (Å²) in [6.45, 7) is 5.47. The van der Waals surface area contributed by atoms with E-state index in [9.17, 15) is 5.11 Å². The van der Waals surface area contributed by atoms with Crippen molar-refractivity contribution in [2.24, 2.45) is 0 Å². The average molecular weight is 279 g/mol. The molecule has 2 unspecified atom stereocenters. The van der Waals surface area contributed by atoms with Crippen LogP contribution < -0.4 is 5.32 Å². The third kappa shape index (κ3) is 3.98. The lowest BCUT2D eigenvalue weighted by atomic mass is 9.99. The van der Waals surface area contributed by atoms with Crippen LogP contribution in [0.1, 0.15) is 37.3 Å². The minimum atomic E-state index is -0.0149. The minimum absolute atomic E-state index is 0.0149. The maximum absolute atomic E-state index is 9.62. The van der Waals surface area contributed by atoms with Crippen LogP contribution in [0.2, 0.25) is 0 Å². The standard InChI is InChI=1S/C16H25NOS/c1-3-17-16(12-18)8-7-15(10-16)19-11-14-6-4-5-13(2)9-14/h4-6,9,15,17-18H,3,7-8,10-12H2,1-2H3. The summed E-state index contributed by atoms with van der Waals surface area (Å²) < 4.78 is 0. The Bertz CT molecular complexity index is 409. The fraction of sp³-hybridized carbons (Fsp3) is 0.625. The molecule has 19 heavy (non-hydrogen) atoms. The van der Waals surface area contributed by atoms with Gasteiger partial charge in [-0.2, -0.15) is 11.8 Å². The molecule has 1 fully saturated rings. The Hall–Kier alpha value is -0.510. The van der Waals surface area contributed by atoms with Crippen molar-refractivity contribution in [3.05, 3.63) is 35.4 Å². The van der Waals surface area contributed by atoms with Crippen LogP contribution >= 0.6 is 11.8 Å². The molecular formula is C16H25NOS. The monoisotopic (exact) mass is 279 g/mol. The van der Waals surface area contributed by atoms with E-state index in [0.717, 1.165) is 25.1 Å². The lowest BCUT2D eigenvalue weighted by Gasteiger charge is -2.28. The van der Waals surface area contributed by atoms with E-state index in [2.05, 4.69) is 43.4 Å². The number of hydrogen-bond donors (Lipinski definition) is 2. The van der Waals surface area contributed by atoms with Crippen LogP contribution in [0.4, 0.5) is 0 Å². The van der Waals surface area contributed by atoms with Gasteiger partial charge in [-0.1, -0.05) is 36.8 Å². The zero-order chi connectivity index (χ0) is 13.7. The molecule has 1 saturated carbocycles. The molecular weight excluding hydrogens is 254 g/mol. The molecule has 2 atom stereocenters. The number of aliphatic hydroxyl groups is 1. The van der Waals surface area contributed by atoms with Crippen LogP contribution in [0.25, 0.3) is 0 Å². The number of thioether (sulfide) groups is 1. The van der Waals surface area contributed by atoms with Crippen molar-refractivity contribution >= 4 is 11.8 Å². The summed E-state index contributed by atoms with van der Waals surface area (Å²) in [4.78, 5) is 0. The van der Waals surface area contributed by atoms with Gasteiger partial charge in [-0.25, -0.2) is 0 Å². The second-order valence-corrected chi connectivity index (χ2v) is 6.92. The van der Waals surface area contributed by atoms with E-state index < -0.39 is 0 Å². The highest BCUT2D eigenvalue weighted by Crippen LogP contribution is 2.38. The van der Waals surface area contributed by atoms with Crippen molar-refractivity contribution in [2.75, 3.05) is 13.2 Å². The first-order chi connectivity index (χ1) is 9.17. The van der Waals surface area contributed by atoms with Crippen molar-refractivity contribution in [1.82, 2.24) is 5.32 Å². The van der Waals surface area contributed by atoms with E-state index in [1.165, 1.54) is 17.5 Å². The number of aliphatic hydroxyl groups excluding tert-OH is 1. The molecule has 0 bridgehead atoms. The number of nitrogens with one attached hydrogen (secondary N) is 1. The summed E-state index contributed by atoms with van der Waals surface area (Å²) in [6, 6.07) is 8.76. The van der Waals surface area contributed by atoms with Crippen LogP contribution in [0.15, 0.2) is 24.3 Å². The van der Waals surface area contributed by atoms with E-state index in [-0.39, 0.29) is 12.1 Å². The molecule has 0 spiro atoms. The van der Waals surface area contributed by atoms with Crippen molar-refractivity contribution in [2.45, 2.75) is 49.7 Å². The smallest absolute Gasteiger partial charge is 0.0613 e. The highest BCUT2D eigenvalue weighted by Gasteiger charge is 2.37. The topological polar surface area (TPSA) is 32.3 Å². The van der Waals surface area contributed by atoms with Crippen LogP contribution in [0.3, 0.4) is 0 Å². The summed E-state index contributed by atoms with van der Waals surface area (Å²) in [7, 11) is 0. The fourth-order valence-electron chi connectivity index (χ4n) is 2.97. The molecule has 2 nitrogen and oxygen atoms in total. The van der Waals surface area contributed by atoms with E-state index in [1.807, 2.05) is 11.8 Å². The minimum Gasteiger partial charge on any atom is -0.394 e. The quantitative estimate of drug-likeness (QED) is 0.839. The average Bonchev–Trinajstić information content (AvgIpc) is 2.81. The van der Waals surface area contributed by atoms with E-state index in [4.69, 9.17) is 0 Å². The Kier molecular flexibility index (Phi) is 5.31. The molecule has 2 N–H and O–H groups in total. The molecule has 1 aliphatic rings. The van der Waals surface area contributed by atoms with Gasteiger partial charge in [0.1, 0.15) is 0 Å². The SMILES string of the molecule is CCNC1(CO)CCC(SCc2cccc(C)c2)C1. The molecule has 3 heteroatoms. The Morgan fingerprint density at radius 3 is 3.00 bits per heavy atom. The van der Waals surface area contributed by atoms with E-state index in [1.54, 1.807) is 0 Å². The number of likely N-dealkylation sites (N-methyl/N-ethyl adjacent to an activating group) is 1. The predicted octanol–water partition coefficient (Wildman–Crippen LogP) is 3.12. The van der Waals surface area contributed by atoms with Crippen molar-refractivity contribution in [3.63, 3.8) is 0 Å². The second-order valence-electron chi connectivity index (χ2n) is 5.63.